The molecule has 1 N–H and O–H groups in total. The minimum atomic E-state index is -0.791. The van der Waals surface area contributed by atoms with Gasteiger partial charge in [-0.3, -0.25) is 4.79 Å². The van der Waals surface area contributed by atoms with Crippen LogP contribution in [0.2, 0.25) is 15.3 Å². The van der Waals surface area contributed by atoms with E-state index in [0.717, 1.165) is 0 Å². The van der Waals surface area contributed by atoms with Gasteiger partial charge in [0.1, 0.15) is 0 Å². The maximum absolute atomic E-state index is 13.6. The lowest BCUT2D eigenvalue weighted by Crippen LogP contribution is -2.14. The van der Waals surface area contributed by atoms with Gasteiger partial charge in [0.15, 0.2) is 21.9 Å². The van der Waals surface area contributed by atoms with Crippen LogP contribution in [-0.4, -0.2) is 15.9 Å². The molecule has 2 heterocycles. The van der Waals surface area contributed by atoms with Crippen molar-refractivity contribution >= 4 is 84.9 Å². The van der Waals surface area contributed by atoms with Crippen molar-refractivity contribution in [3.05, 3.63) is 83.3 Å². The van der Waals surface area contributed by atoms with Crippen molar-refractivity contribution in [2.24, 2.45) is 0 Å². The van der Waals surface area contributed by atoms with E-state index in [1.165, 1.54) is 18.5 Å². The summed E-state index contributed by atoms with van der Waals surface area (Å²) in [5.41, 5.74) is 0.160. The molecule has 1 amide bonds. The first-order chi connectivity index (χ1) is 13.2. The molecule has 1 aromatic carbocycles. The third-order valence-corrected chi connectivity index (χ3v) is 5.42. The number of amides is 1. The highest BCUT2D eigenvalue weighted by molar-refractivity contribution is 14.1. The van der Waals surface area contributed by atoms with Crippen molar-refractivity contribution < 1.29 is 13.6 Å². The van der Waals surface area contributed by atoms with Crippen molar-refractivity contribution in [2.45, 2.75) is 0 Å². The lowest BCUT2D eigenvalue weighted by Gasteiger charge is -2.09. The number of anilines is 1. The summed E-state index contributed by atoms with van der Waals surface area (Å²) in [5.74, 6) is -1.78. The Bertz CT molecular complexity index is 986. The van der Waals surface area contributed by atoms with Crippen LogP contribution in [0.3, 0.4) is 0 Å². The van der Waals surface area contributed by atoms with Gasteiger partial charge >= 0.3 is 0 Å². The van der Waals surface area contributed by atoms with Crippen LogP contribution in [-0.2, 0) is 0 Å². The minimum absolute atomic E-state index is 0.0585. The molecule has 0 bridgehead atoms. The number of carbonyl (C=O) groups is 1. The van der Waals surface area contributed by atoms with Gasteiger partial charge < -0.3 is 5.32 Å². The Kier molecular flexibility index (Phi) is 8.81. The molecule has 0 saturated heterocycles. The second-order valence-corrected chi connectivity index (χ2v) is 8.05. The van der Waals surface area contributed by atoms with Gasteiger partial charge in [0.2, 0.25) is 0 Å². The van der Waals surface area contributed by atoms with E-state index in [9.17, 15) is 13.6 Å². The van der Waals surface area contributed by atoms with Gasteiger partial charge in [0.25, 0.3) is 5.91 Å². The average Bonchev–Trinajstić information content (AvgIpc) is 2.64. The van der Waals surface area contributed by atoms with Gasteiger partial charge in [-0.25, -0.2) is 18.7 Å². The van der Waals surface area contributed by atoms with Gasteiger partial charge in [-0.2, -0.15) is 0 Å². The van der Waals surface area contributed by atoms with E-state index in [4.69, 9.17) is 34.8 Å². The van der Waals surface area contributed by atoms with Crippen molar-refractivity contribution in [1.29, 1.82) is 0 Å². The summed E-state index contributed by atoms with van der Waals surface area (Å²) in [6.07, 6.45) is 2.76. The van der Waals surface area contributed by atoms with Crippen LogP contribution in [0.4, 0.5) is 14.5 Å². The van der Waals surface area contributed by atoms with Crippen molar-refractivity contribution in [3.63, 3.8) is 0 Å². The smallest absolute Gasteiger partial charge is 0.258 e. The molecule has 0 saturated carbocycles. The maximum Gasteiger partial charge on any atom is 0.258 e. The molecule has 4 nitrogen and oxygen atoms in total. The van der Waals surface area contributed by atoms with E-state index < -0.39 is 17.5 Å². The molecule has 0 aliphatic heterocycles. The SMILES string of the molecule is Fc1c(I)ccnc1Cl.O=C(Nc1ccnc(Cl)c1F)c1c(Cl)cccc1Br. The molecule has 2 aromatic heterocycles. The zero-order chi connectivity index (χ0) is 20.8. The standard InChI is InChI=1S/C12H6BrCl2FN2O.C5H2ClFIN/c13-6-2-1-3-7(14)9(6)12(19)18-8-4-5-17-11(15)10(8)16;6-5-4(7)3(8)1-2-9-5/h1-5H,(H,17,18,19);1-2H. The van der Waals surface area contributed by atoms with Crippen LogP contribution in [0.5, 0.6) is 0 Å². The second-order valence-electron chi connectivity index (χ2n) is 4.91. The van der Waals surface area contributed by atoms with Gasteiger partial charge in [0, 0.05) is 16.9 Å². The molecule has 0 spiro atoms. The van der Waals surface area contributed by atoms with Crippen molar-refractivity contribution in [3.8, 4) is 0 Å². The molecule has 11 heteroatoms. The van der Waals surface area contributed by atoms with E-state index in [2.05, 4.69) is 31.2 Å². The fourth-order valence-electron chi connectivity index (χ4n) is 1.81. The quantitative estimate of drug-likeness (QED) is 0.247. The molecule has 146 valence electrons. The summed E-state index contributed by atoms with van der Waals surface area (Å²) in [5, 5.41) is 2.28. The number of aromatic nitrogens is 2. The summed E-state index contributed by atoms with van der Waals surface area (Å²) in [6, 6.07) is 7.78. The highest BCUT2D eigenvalue weighted by Gasteiger charge is 2.17. The minimum Gasteiger partial charge on any atom is -0.319 e. The lowest BCUT2D eigenvalue weighted by molar-refractivity contribution is 0.102. The van der Waals surface area contributed by atoms with Crippen LogP contribution in [0.15, 0.2) is 47.2 Å². The molecule has 0 unspecified atom stereocenters. The van der Waals surface area contributed by atoms with Crippen LogP contribution >= 0.6 is 73.3 Å². The van der Waals surface area contributed by atoms with E-state index in [1.54, 1.807) is 24.3 Å². The molecule has 28 heavy (non-hydrogen) atoms. The summed E-state index contributed by atoms with van der Waals surface area (Å²) in [7, 11) is 0. The van der Waals surface area contributed by atoms with Gasteiger partial charge in [-0.05, 0) is 62.8 Å². The summed E-state index contributed by atoms with van der Waals surface area (Å²) < 4.78 is 27.2. The van der Waals surface area contributed by atoms with Gasteiger partial charge in [-0.15, -0.1) is 0 Å². The molecule has 3 aromatic rings. The molecule has 0 atom stereocenters. The summed E-state index contributed by atoms with van der Waals surface area (Å²) in [4.78, 5) is 19.1. The Labute approximate surface area is 195 Å². The highest BCUT2D eigenvalue weighted by atomic mass is 127. The van der Waals surface area contributed by atoms with E-state index in [-0.39, 0.29) is 26.6 Å². The Balaban J connectivity index is 0.000000261. The zero-order valence-electron chi connectivity index (χ0n) is 13.5. The van der Waals surface area contributed by atoms with E-state index in [1.807, 2.05) is 22.6 Å². The van der Waals surface area contributed by atoms with Crippen LogP contribution in [0.1, 0.15) is 10.4 Å². The number of nitrogens with one attached hydrogen (secondary N) is 1. The molecular weight excluding hydrogens is 613 g/mol. The monoisotopic (exact) mass is 619 g/mol. The van der Waals surface area contributed by atoms with Crippen molar-refractivity contribution in [1.82, 2.24) is 9.97 Å². The number of halogens is 7. The van der Waals surface area contributed by atoms with Crippen LogP contribution in [0, 0.1) is 15.2 Å². The third-order valence-electron chi connectivity index (χ3n) is 3.08. The largest absolute Gasteiger partial charge is 0.319 e. The van der Waals surface area contributed by atoms with Crippen molar-refractivity contribution in [2.75, 3.05) is 5.32 Å². The first-order valence-corrected chi connectivity index (χ1v) is 10.2. The Morgan fingerprint density at radius 1 is 1.00 bits per heavy atom. The number of hydrogen-bond donors (Lipinski definition) is 1. The van der Waals surface area contributed by atoms with Crippen LogP contribution < -0.4 is 5.32 Å². The molecule has 0 radical (unpaired) electrons. The molecule has 0 fully saturated rings. The number of carbonyl (C=O) groups excluding carboxylic acids is 1. The van der Waals surface area contributed by atoms with Gasteiger partial charge in [0.05, 0.1) is 19.8 Å². The molecule has 0 aliphatic carbocycles. The predicted molar refractivity (Wildman–Crippen MR) is 118 cm³/mol. The fourth-order valence-corrected chi connectivity index (χ4v) is 3.62. The molecular formula is C17H8BrCl3F2IN3O. The highest BCUT2D eigenvalue weighted by Crippen LogP contribution is 2.27. The number of hydrogen-bond acceptors (Lipinski definition) is 3. The average molecular weight is 621 g/mol. The number of benzene rings is 1. The normalized spacial score (nSPS) is 10.1. The zero-order valence-corrected chi connectivity index (χ0v) is 19.5. The first-order valence-electron chi connectivity index (χ1n) is 7.23. The second kappa shape index (κ2) is 10.6. The Hall–Kier alpha value is -1.07. The first kappa shape index (κ1) is 23.2. The molecule has 0 aliphatic rings. The summed E-state index contributed by atoms with van der Waals surface area (Å²) >= 11 is 21.9. The van der Waals surface area contributed by atoms with E-state index >= 15 is 0 Å². The third kappa shape index (κ3) is 5.96. The van der Waals surface area contributed by atoms with E-state index in [0.29, 0.717) is 8.04 Å². The Morgan fingerprint density at radius 3 is 2.18 bits per heavy atom. The number of pyridine rings is 2. The topological polar surface area (TPSA) is 54.9 Å². The summed E-state index contributed by atoms with van der Waals surface area (Å²) in [6.45, 7) is 0. The lowest BCUT2D eigenvalue weighted by atomic mass is 10.2. The van der Waals surface area contributed by atoms with Crippen LogP contribution in [0.25, 0.3) is 0 Å². The number of nitrogens with zero attached hydrogens (tertiary/aromatic N) is 2. The maximum atomic E-state index is 13.6. The fraction of sp³-hybridized carbons (Fsp3) is 0. The van der Waals surface area contributed by atoms with Gasteiger partial charge in [-0.1, -0.05) is 40.9 Å². The predicted octanol–water partition coefficient (Wildman–Crippen LogP) is 7.02. The Morgan fingerprint density at radius 2 is 1.61 bits per heavy atom. The number of rotatable bonds is 2. The molecule has 3 rings (SSSR count).